The van der Waals surface area contributed by atoms with E-state index < -0.39 is 9.84 Å². The molecular weight excluding hydrogens is 454 g/mol. The van der Waals surface area contributed by atoms with Crippen molar-refractivity contribution >= 4 is 50.0 Å². The Kier molecular flexibility index (Phi) is 6.60. The van der Waals surface area contributed by atoms with Gasteiger partial charge in [0, 0.05) is 28.1 Å². The van der Waals surface area contributed by atoms with Crippen LogP contribution in [0.2, 0.25) is 5.02 Å². The van der Waals surface area contributed by atoms with Crippen molar-refractivity contribution in [3.63, 3.8) is 0 Å². The summed E-state index contributed by atoms with van der Waals surface area (Å²) in [7, 11) is -3.02. The molecule has 0 bridgehead atoms. The summed E-state index contributed by atoms with van der Waals surface area (Å²) in [6.45, 7) is 3.15. The first-order valence-electron chi connectivity index (χ1n) is 10.2. The fourth-order valence-corrected chi connectivity index (χ4v) is 7.65. The molecule has 4 rings (SSSR count). The molecule has 1 amide bonds. The summed E-state index contributed by atoms with van der Waals surface area (Å²) in [5.41, 5.74) is 2.42. The van der Waals surface area contributed by atoms with Gasteiger partial charge in [-0.15, -0.1) is 0 Å². The summed E-state index contributed by atoms with van der Waals surface area (Å²) in [5.74, 6) is 0.162. The molecule has 2 atom stereocenters. The Hall–Kier alpha value is -2.03. The maximum Gasteiger partial charge on any atom is 0.251 e. The van der Waals surface area contributed by atoms with E-state index in [1.165, 1.54) is 11.8 Å². The molecule has 6 nitrogen and oxygen atoms in total. The average Bonchev–Trinajstić information content (AvgIpc) is 3.25. The summed E-state index contributed by atoms with van der Waals surface area (Å²) >= 11 is 7.91. The number of hydrogen-bond donors (Lipinski definition) is 1. The fourth-order valence-electron chi connectivity index (χ4n) is 3.67. The van der Waals surface area contributed by atoms with Crippen molar-refractivity contribution in [1.82, 2.24) is 5.32 Å². The lowest BCUT2D eigenvalue weighted by Crippen LogP contribution is -2.28. The number of rotatable bonds is 6. The van der Waals surface area contributed by atoms with Gasteiger partial charge in [-0.05, 0) is 42.3 Å². The molecule has 1 fully saturated rings. The Morgan fingerprint density at radius 1 is 1.19 bits per heavy atom. The number of amides is 1. The molecule has 0 unspecified atom stereocenters. The number of thioether (sulfide) groups is 1. The number of aliphatic imine (C=N–C) groups is 1. The van der Waals surface area contributed by atoms with Crippen molar-refractivity contribution in [2.24, 2.45) is 4.99 Å². The van der Waals surface area contributed by atoms with Gasteiger partial charge in [-0.1, -0.05) is 48.5 Å². The monoisotopic (exact) mass is 477 g/mol. The summed E-state index contributed by atoms with van der Waals surface area (Å²) in [6, 6.07) is 14.8. The number of benzene rings is 2. The molecule has 2 aliphatic heterocycles. The van der Waals surface area contributed by atoms with Crippen LogP contribution in [0.5, 0.6) is 0 Å². The summed E-state index contributed by atoms with van der Waals surface area (Å²) < 4.78 is 23.9. The number of nitrogens with one attached hydrogen (secondary N) is 1. The Morgan fingerprint density at radius 3 is 2.61 bits per heavy atom. The van der Waals surface area contributed by atoms with E-state index in [9.17, 15) is 13.2 Å². The predicted octanol–water partition coefficient (Wildman–Crippen LogP) is 3.75. The van der Waals surface area contributed by atoms with Crippen LogP contribution in [0.25, 0.3) is 0 Å². The molecule has 2 aromatic carbocycles. The fraction of sp³-hybridized carbons (Fsp3) is 0.364. The van der Waals surface area contributed by atoms with Crippen molar-refractivity contribution in [1.29, 1.82) is 0 Å². The second-order valence-corrected chi connectivity index (χ2v) is 11.5. The zero-order valence-corrected chi connectivity index (χ0v) is 19.5. The predicted molar refractivity (Wildman–Crippen MR) is 128 cm³/mol. The van der Waals surface area contributed by atoms with E-state index >= 15 is 0 Å². The van der Waals surface area contributed by atoms with E-state index in [-0.39, 0.29) is 28.7 Å². The highest BCUT2D eigenvalue weighted by atomic mass is 35.5. The van der Waals surface area contributed by atoms with Crippen molar-refractivity contribution in [2.45, 2.75) is 31.2 Å². The second kappa shape index (κ2) is 9.22. The summed E-state index contributed by atoms with van der Waals surface area (Å²) in [6.07, 6.45) is 0.880. The number of sulfone groups is 1. The third-order valence-corrected chi connectivity index (χ3v) is 8.92. The van der Waals surface area contributed by atoms with Gasteiger partial charge in [0.05, 0.1) is 24.1 Å². The van der Waals surface area contributed by atoms with Crippen LogP contribution in [0.3, 0.4) is 0 Å². The lowest BCUT2D eigenvalue weighted by atomic mass is 10.1. The first-order chi connectivity index (χ1) is 14.9. The Bertz CT molecular complexity index is 1100. The molecule has 31 heavy (non-hydrogen) atoms. The minimum absolute atomic E-state index is 0.0483. The zero-order valence-electron chi connectivity index (χ0n) is 17.1. The van der Waals surface area contributed by atoms with Crippen LogP contribution in [-0.2, 0) is 16.4 Å². The van der Waals surface area contributed by atoms with Crippen LogP contribution in [0, 0.1) is 0 Å². The van der Waals surface area contributed by atoms with Gasteiger partial charge in [0.15, 0.2) is 15.0 Å². The van der Waals surface area contributed by atoms with Gasteiger partial charge in [0.25, 0.3) is 5.91 Å². The normalized spacial score (nSPS) is 21.4. The minimum Gasteiger partial charge on any atom is -0.352 e. The van der Waals surface area contributed by atoms with Crippen molar-refractivity contribution in [3.05, 3.63) is 64.7 Å². The maximum absolute atomic E-state index is 12.2. The van der Waals surface area contributed by atoms with Gasteiger partial charge in [0.1, 0.15) is 0 Å². The number of carbonyl (C=O) groups is 1. The van der Waals surface area contributed by atoms with Crippen LogP contribution in [0.4, 0.5) is 5.69 Å². The third-order valence-electron chi connectivity index (χ3n) is 5.30. The zero-order chi connectivity index (χ0) is 22.0. The molecule has 0 aliphatic carbocycles. The van der Waals surface area contributed by atoms with E-state index in [1.54, 1.807) is 12.1 Å². The number of amidine groups is 1. The number of hydrogen-bond acceptors (Lipinski definition) is 6. The van der Waals surface area contributed by atoms with E-state index in [0.29, 0.717) is 23.7 Å². The maximum atomic E-state index is 12.2. The van der Waals surface area contributed by atoms with Crippen molar-refractivity contribution < 1.29 is 13.2 Å². The first-order valence-corrected chi connectivity index (χ1v) is 13.3. The van der Waals surface area contributed by atoms with Gasteiger partial charge in [-0.3, -0.25) is 9.79 Å². The quantitative estimate of drug-likeness (QED) is 0.685. The van der Waals surface area contributed by atoms with E-state index in [2.05, 4.69) is 5.32 Å². The topological polar surface area (TPSA) is 78.8 Å². The largest absolute Gasteiger partial charge is 0.352 e. The van der Waals surface area contributed by atoms with Crippen molar-refractivity contribution in [2.75, 3.05) is 23.0 Å². The van der Waals surface area contributed by atoms with Gasteiger partial charge >= 0.3 is 0 Å². The highest BCUT2D eigenvalue weighted by molar-refractivity contribution is 8.15. The average molecular weight is 478 g/mol. The van der Waals surface area contributed by atoms with Gasteiger partial charge in [0.2, 0.25) is 0 Å². The smallest absolute Gasteiger partial charge is 0.251 e. The number of carbonyl (C=O) groups excluding carboxylic acids is 1. The summed E-state index contributed by atoms with van der Waals surface area (Å²) in [5, 5.41) is 4.28. The third kappa shape index (κ3) is 5.07. The Balaban J connectivity index is 1.62. The number of halogens is 1. The molecule has 9 heteroatoms. The minimum atomic E-state index is -3.02. The van der Waals surface area contributed by atoms with Gasteiger partial charge < -0.3 is 10.2 Å². The number of nitrogens with zero attached hydrogens (tertiary/aromatic N) is 2. The van der Waals surface area contributed by atoms with Gasteiger partial charge in [-0.2, -0.15) is 0 Å². The first kappa shape index (κ1) is 22.2. The van der Waals surface area contributed by atoms with E-state index in [0.717, 1.165) is 22.8 Å². The molecule has 164 valence electrons. The molecule has 1 saturated heterocycles. The van der Waals surface area contributed by atoms with Crippen LogP contribution >= 0.6 is 23.4 Å². The standard InChI is InChI=1S/C22H24ClN3O3S2/c1-2-11-24-21(27)15-7-9-17(10-8-15)26(12-16-5-3-4-6-18(16)23)22-25-19-13-31(28,29)14-20(19)30-22/h3-10,19-20H,2,11-14H2,1H3,(H,24,27)/t19-,20-/m0/s1. The Labute approximate surface area is 192 Å². The molecule has 2 heterocycles. The molecule has 0 spiro atoms. The molecular formula is C22H24ClN3O3S2. The number of anilines is 1. The lowest BCUT2D eigenvalue weighted by Gasteiger charge is -2.25. The number of fused-ring (bicyclic) bond motifs is 1. The molecule has 0 radical (unpaired) electrons. The SMILES string of the molecule is CCCNC(=O)c1ccc(N(Cc2ccccc2Cl)C2=N[C@H]3CS(=O)(=O)C[C@@H]3S2)cc1. The summed E-state index contributed by atoms with van der Waals surface area (Å²) in [4.78, 5) is 19.0. The second-order valence-electron chi connectivity index (χ2n) is 7.69. The highest BCUT2D eigenvalue weighted by Gasteiger charge is 2.44. The van der Waals surface area contributed by atoms with Crippen LogP contribution in [-0.4, -0.2) is 48.8 Å². The van der Waals surface area contributed by atoms with Gasteiger partial charge in [-0.25, -0.2) is 8.42 Å². The van der Waals surface area contributed by atoms with Crippen molar-refractivity contribution in [3.8, 4) is 0 Å². The van der Waals surface area contributed by atoms with Crippen LogP contribution in [0.1, 0.15) is 29.3 Å². The lowest BCUT2D eigenvalue weighted by molar-refractivity contribution is 0.0953. The molecule has 2 aliphatic rings. The molecule has 0 saturated carbocycles. The van der Waals surface area contributed by atoms with Crippen LogP contribution in [0.15, 0.2) is 53.5 Å². The van der Waals surface area contributed by atoms with E-state index in [1.807, 2.05) is 48.2 Å². The van der Waals surface area contributed by atoms with E-state index in [4.69, 9.17) is 16.6 Å². The molecule has 0 aromatic heterocycles. The van der Waals surface area contributed by atoms with Crippen LogP contribution < -0.4 is 10.2 Å². The Morgan fingerprint density at radius 2 is 1.94 bits per heavy atom. The molecule has 1 N–H and O–H groups in total. The molecule has 2 aromatic rings. The highest BCUT2D eigenvalue weighted by Crippen LogP contribution is 2.37.